The van der Waals surface area contributed by atoms with Crippen LogP contribution >= 0.6 is 0 Å². The molecular formula is C25H32N4O. The lowest BCUT2D eigenvalue weighted by atomic mass is 10.1. The molecule has 0 radical (unpaired) electrons. The molecule has 0 unspecified atom stereocenters. The van der Waals surface area contributed by atoms with Crippen LogP contribution < -0.4 is 10.2 Å². The summed E-state index contributed by atoms with van der Waals surface area (Å²) in [7, 11) is 0. The van der Waals surface area contributed by atoms with Crippen molar-refractivity contribution in [3.05, 3.63) is 71.4 Å². The van der Waals surface area contributed by atoms with E-state index in [-0.39, 0.29) is 17.5 Å². The van der Waals surface area contributed by atoms with E-state index in [2.05, 4.69) is 42.3 Å². The fourth-order valence-corrected chi connectivity index (χ4v) is 3.31. The first kappa shape index (κ1) is 23.0. The molecule has 2 rings (SSSR count). The fraction of sp³-hybridized carbons (Fsp3) is 0.360. The second-order valence-corrected chi connectivity index (χ2v) is 7.50. The number of hydrogen-bond acceptors (Lipinski definition) is 4. The Labute approximate surface area is 180 Å². The second-order valence-electron chi connectivity index (χ2n) is 7.50. The summed E-state index contributed by atoms with van der Waals surface area (Å²) in [6, 6.07) is 18.0. The number of anilines is 2. The van der Waals surface area contributed by atoms with Crippen molar-refractivity contribution < 1.29 is 4.79 Å². The maximum Gasteiger partial charge on any atom is 0.266 e. The summed E-state index contributed by atoms with van der Waals surface area (Å²) < 4.78 is 0. The number of amides is 1. The Balaban J connectivity index is 2.19. The molecular weight excluding hydrogens is 372 g/mol. The molecule has 0 heterocycles. The van der Waals surface area contributed by atoms with Crippen LogP contribution in [-0.2, 0) is 11.3 Å². The van der Waals surface area contributed by atoms with E-state index in [9.17, 15) is 10.1 Å². The predicted molar refractivity (Wildman–Crippen MR) is 124 cm³/mol. The summed E-state index contributed by atoms with van der Waals surface area (Å²) in [5.74, 6) is -0.277. The fourth-order valence-electron chi connectivity index (χ4n) is 3.31. The van der Waals surface area contributed by atoms with Crippen LogP contribution in [0.3, 0.4) is 0 Å². The average molecular weight is 405 g/mol. The van der Waals surface area contributed by atoms with Gasteiger partial charge in [0.05, 0.1) is 0 Å². The van der Waals surface area contributed by atoms with E-state index in [0.717, 1.165) is 35.6 Å². The maximum absolute atomic E-state index is 13.0. The molecule has 0 saturated heterocycles. The van der Waals surface area contributed by atoms with Gasteiger partial charge in [0.1, 0.15) is 11.6 Å². The summed E-state index contributed by atoms with van der Waals surface area (Å²) in [6.07, 6.45) is 1.52. The van der Waals surface area contributed by atoms with Crippen LogP contribution in [-0.4, -0.2) is 29.9 Å². The van der Waals surface area contributed by atoms with Crippen molar-refractivity contribution in [1.29, 1.82) is 5.26 Å². The molecule has 5 heteroatoms. The lowest BCUT2D eigenvalue weighted by molar-refractivity contribution is -0.129. The number of rotatable bonds is 9. The summed E-state index contributed by atoms with van der Waals surface area (Å²) in [5, 5.41) is 12.8. The number of benzene rings is 2. The van der Waals surface area contributed by atoms with Gasteiger partial charge in [-0.1, -0.05) is 30.3 Å². The SMILES string of the molecule is CCN(CC)c1ccc(N/C=C(/C#N)C(=O)N(Cc2ccccc2)C(C)C)c(C)c1. The summed E-state index contributed by atoms with van der Waals surface area (Å²) in [5.41, 5.74) is 4.23. The Bertz CT molecular complexity index is 908. The van der Waals surface area contributed by atoms with Gasteiger partial charge in [0.15, 0.2) is 0 Å². The van der Waals surface area contributed by atoms with Crippen molar-refractivity contribution in [1.82, 2.24) is 4.90 Å². The smallest absolute Gasteiger partial charge is 0.266 e. The van der Waals surface area contributed by atoms with E-state index >= 15 is 0 Å². The molecule has 0 aliphatic rings. The van der Waals surface area contributed by atoms with E-state index in [4.69, 9.17) is 0 Å². The van der Waals surface area contributed by atoms with Crippen LogP contribution in [0, 0.1) is 18.3 Å². The molecule has 0 fully saturated rings. The normalized spacial score (nSPS) is 11.2. The van der Waals surface area contributed by atoms with Crippen LogP contribution in [0.4, 0.5) is 11.4 Å². The molecule has 0 bridgehead atoms. The largest absolute Gasteiger partial charge is 0.372 e. The van der Waals surface area contributed by atoms with Crippen molar-refractivity contribution in [3.8, 4) is 6.07 Å². The third-order valence-corrected chi connectivity index (χ3v) is 5.14. The van der Waals surface area contributed by atoms with Gasteiger partial charge in [-0.15, -0.1) is 0 Å². The molecule has 0 aromatic heterocycles. The molecule has 5 nitrogen and oxygen atoms in total. The molecule has 2 aromatic rings. The monoisotopic (exact) mass is 404 g/mol. The Kier molecular flexibility index (Phi) is 8.49. The number of nitrogens with one attached hydrogen (secondary N) is 1. The first-order chi connectivity index (χ1) is 14.4. The minimum atomic E-state index is -0.277. The van der Waals surface area contributed by atoms with Gasteiger partial charge in [0.25, 0.3) is 5.91 Å². The maximum atomic E-state index is 13.0. The van der Waals surface area contributed by atoms with Gasteiger partial charge in [-0.25, -0.2) is 0 Å². The van der Waals surface area contributed by atoms with Crippen LogP contribution in [0.25, 0.3) is 0 Å². The highest BCUT2D eigenvalue weighted by atomic mass is 16.2. The predicted octanol–water partition coefficient (Wildman–Crippen LogP) is 5.10. The molecule has 1 amide bonds. The highest BCUT2D eigenvalue weighted by Crippen LogP contribution is 2.23. The zero-order chi connectivity index (χ0) is 22.1. The lowest BCUT2D eigenvalue weighted by Gasteiger charge is -2.26. The van der Waals surface area contributed by atoms with Gasteiger partial charge in [-0.05, 0) is 63.9 Å². The zero-order valence-corrected chi connectivity index (χ0v) is 18.6. The Morgan fingerprint density at radius 2 is 1.80 bits per heavy atom. The van der Waals surface area contributed by atoms with Gasteiger partial charge in [-0.2, -0.15) is 5.26 Å². The summed E-state index contributed by atoms with van der Waals surface area (Å²) >= 11 is 0. The minimum absolute atomic E-state index is 0.0236. The average Bonchev–Trinajstić information content (AvgIpc) is 2.75. The Morgan fingerprint density at radius 3 is 2.33 bits per heavy atom. The third kappa shape index (κ3) is 5.87. The van der Waals surface area contributed by atoms with Crippen LogP contribution in [0.15, 0.2) is 60.3 Å². The van der Waals surface area contributed by atoms with Crippen molar-refractivity contribution in [2.75, 3.05) is 23.3 Å². The lowest BCUT2D eigenvalue weighted by Crippen LogP contribution is -2.37. The number of carbonyl (C=O) groups is 1. The molecule has 2 aromatic carbocycles. The molecule has 0 atom stereocenters. The van der Waals surface area contributed by atoms with Crippen molar-refractivity contribution in [2.45, 2.75) is 47.2 Å². The van der Waals surface area contributed by atoms with E-state index in [1.54, 1.807) is 4.90 Å². The van der Waals surface area contributed by atoms with Crippen molar-refractivity contribution >= 4 is 17.3 Å². The quantitative estimate of drug-likeness (QED) is 0.467. The molecule has 0 spiro atoms. The van der Waals surface area contributed by atoms with Gasteiger partial charge in [0.2, 0.25) is 0 Å². The van der Waals surface area contributed by atoms with Crippen LogP contribution in [0.1, 0.15) is 38.8 Å². The molecule has 0 saturated carbocycles. The zero-order valence-electron chi connectivity index (χ0n) is 18.6. The highest BCUT2D eigenvalue weighted by molar-refractivity contribution is 5.97. The minimum Gasteiger partial charge on any atom is -0.372 e. The van der Waals surface area contributed by atoms with Gasteiger partial charge < -0.3 is 15.1 Å². The summed E-state index contributed by atoms with van der Waals surface area (Å²) in [4.78, 5) is 17.0. The van der Waals surface area contributed by atoms with Crippen molar-refractivity contribution in [3.63, 3.8) is 0 Å². The number of nitriles is 1. The van der Waals surface area contributed by atoms with E-state index < -0.39 is 0 Å². The molecule has 158 valence electrons. The van der Waals surface area contributed by atoms with Crippen LogP contribution in [0.2, 0.25) is 0 Å². The number of aryl methyl sites for hydroxylation is 1. The molecule has 30 heavy (non-hydrogen) atoms. The van der Waals surface area contributed by atoms with Crippen molar-refractivity contribution in [2.24, 2.45) is 0 Å². The molecule has 0 aliphatic carbocycles. The first-order valence-electron chi connectivity index (χ1n) is 10.5. The Hall–Kier alpha value is -3.26. The van der Waals surface area contributed by atoms with Crippen LogP contribution in [0.5, 0.6) is 0 Å². The Morgan fingerprint density at radius 1 is 1.13 bits per heavy atom. The number of carbonyl (C=O) groups excluding carboxylic acids is 1. The molecule has 0 aliphatic heterocycles. The second kappa shape index (κ2) is 11.1. The molecule has 1 N–H and O–H groups in total. The van der Waals surface area contributed by atoms with E-state index in [1.807, 2.05) is 57.2 Å². The van der Waals surface area contributed by atoms with E-state index in [1.165, 1.54) is 6.20 Å². The summed E-state index contributed by atoms with van der Waals surface area (Å²) in [6.45, 7) is 12.6. The van der Waals surface area contributed by atoms with Gasteiger partial charge in [0, 0.05) is 43.3 Å². The van der Waals surface area contributed by atoms with E-state index in [0.29, 0.717) is 6.54 Å². The topological polar surface area (TPSA) is 59.4 Å². The van der Waals surface area contributed by atoms with Gasteiger partial charge in [-0.3, -0.25) is 4.79 Å². The standard InChI is InChI=1S/C25H32N4O/c1-6-28(7-2)23-13-14-24(20(5)15-23)27-17-22(16-26)25(30)29(19(3)4)18-21-11-9-8-10-12-21/h8-15,17,19,27H,6-7,18H2,1-5H3/b22-17-. The number of hydrogen-bond donors (Lipinski definition) is 1. The van der Waals surface area contributed by atoms with Gasteiger partial charge >= 0.3 is 0 Å². The third-order valence-electron chi connectivity index (χ3n) is 5.14. The number of nitrogens with zero attached hydrogens (tertiary/aromatic N) is 3. The highest BCUT2D eigenvalue weighted by Gasteiger charge is 2.21. The first-order valence-corrected chi connectivity index (χ1v) is 10.5.